The average Bonchev–Trinajstić information content (AvgIpc) is 3.06. The number of nitrogens with one attached hydrogen (secondary N) is 1. The van der Waals surface area contributed by atoms with Gasteiger partial charge >= 0.3 is 0 Å². The number of hydrogen-bond donors (Lipinski definition) is 2. The Hall–Kier alpha value is -5.13. The first-order chi connectivity index (χ1) is 22.0. The van der Waals surface area contributed by atoms with Crippen molar-refractivity contribution in [1.29, 1.82) is 0 Å². The smallest absolute Gasteiger partial charge is 0.279 e. The first-order valence-corrected chi connectivity index (χ1v) is 15.1. The van der Waals surface area contributed by atoms with Crippen molar-refractivity contribution in [2.45, 2.75) is 32.8 Å². The normalized spacial score (nSPS) is 13.6. The Bertz CT molecular complexity index is 2050. The topological polar surface area (TPSA) is 132 Å². The summed E-state index contributed by atoms with van der Waals surface area (Å²) in [4.78, 5) is 45.7. The summed E-state index contributed by atoms with van der Waals surface area (Å²) < 4.78 is 8.07. The molecule has 0 spiro atoms. The van der Waals surface area contributed by atoms with E-state index in [1.54, 1.807) is 54.7 Å². The van der Waals surface area contributed by atoms with Crippen LogP contribution in [0.3, 0.4) is 0 Å². The molecular weight excluding hydrogens is 584 g/mol. The lowest BCUT2D eigenvalue weighted by atomic mass is 9.86. The van der Waals surface area contributed by atoms with E-state index in [1.165, 1.54) is 15.4 Å². The molecule has 1 fully saturated rings. The fourth-order valence-corrected chi connectivity index (χ4v) is 5.63. The second-order valence-electron chi connectivity index (χ2n) is 12.4. The predicted molar refractivity (Wildman–Crippen MR) is 177 cm³/mol. The number of carbonyl (C=O) groups excluding carboxylic acids is 1. The van der Waals surface area contributed by atoms with Gasteiger partial charge in [-0.1, -0.05) is 39.0 Å². The Morgan fingerprint density at radius 1 is 1.00 bits per heavy atom. The van der Waals surface area contributed by atoms with Gasteiger partial charge in [-0.15, -0.1) is 0 Å². The number of ether oxygens (including phenoxy) is 1. The highest BCUT2D eigenvalue weighted by atomic mass is 16.5. The molecular formula is C35H36N6O5. The van der Waals surface area contributed by atoms with Crippen LogP contribution < -0.4 is 16.4 Å². The van der Waals surface area contributed by atoms with E-state index >= 15 is 0 Å². The molecule has 0 saturated carbocycles. The lowest BCUT2D eigenvalue weighted by Gasteiger charge is -2.26. The zero-order valence-corrected chi connectivity index (χ0v) is 26.3. The molecule has 6 rings (SSSR count). The molecule has 236 valence electrons. The first-order valence-electron chi connectivity index (χ1n) is 15.1. The highest BCUT2D eigenvalue weighted by Gasteiger charge is 2.20. The minimum absolute atomic E-state index is 0.0769. The van der Waals surface area contributed by atoms with E-state index in [4.69, 9.17) is 4.74 Å². The van der Waals surface area contributed by atoms with Gasteiger partial charge in [0.1, 0.15) is 11.5 Å². The number of hydrogen-bond acceptors (Lipinski definition) is 8. The number of aromatic nitrogens is 4. The fourth-order valence-electron chi connectivity index (χ4n) is 5.63. The Morgan fingerprint density at radius 3 is 2.48 bits per heavy atom. The minimum atomic E-state index is -0.369. The van der Waals surface area contributed by atoms with Crippen molar-refractivity contribution in [1.82, 2.24) is 24.2 Å². The molecule has 2 aromatic carbocycles. The van der Waals surface area contributed by atoms with Gasteiger partial charge < -0.3 is 24.6 Å². The number of aliphatic hydroxyl groups excluding tert-OH is 1. The number of amides is 1. The molecule has 0 aliphatic carbocycles. The molecule has 0 bridgehead atoms. The summed E-state index contributed by atoms with van der Waals surface area (Å²) in [6, 6.07) is 16.1. The average molecular weight is 621 g/mol. The third-order valence-corrected chi connectivity index (χ3v) is 8.26. The van der Waals surface area contributed by atoms with Crippen LogP contribution in [-0.2, 0) is 23.8 Å². The van der Waals surface area contributed by atoms with Gasteiger partial charge in [0, 0.05) is 49.0 Å². The molecule has 1 aliphatic heterocycles. The second kappa shape index (κ2) is 12.3. The van der Waals surface area contributed by atoms with Crippen LogP contribution in [0.1, 0.15) is 42.3 Å². The number of aryl methyl sites for hydroxylation is 1. The summed E-state index contributed by atoms with van der Waals surface area (Å²) >= 11 is 0. The van der Waals surface area contributed by atoms with E-state index < -0.39 is 0 Å². The summed E-state index contributed by atoms with van der Waals surface area (Å²) in [7, 11) is 1.64. The van der Waals surface area contributed by atoms with Crippen LogP contribution in [0.15, 0.2) is 82.8 Å². The van der Waals surface area contributed by atoms with Gasteiger partial charge in [0.25, 0.3) is 17.0 Å². The summed E-state index contributed by atoms with van der Waals surface area (Å²) in [6.45, 7) is 8.05. The van der Waals surface area contributed by atoms with Gasteiger partial charge in [-0.25, -0.2) is 4.98 Å². The number of fused-ring (bicyclic) bond motifs is 1. The number of pyridine rings is 2. The van der Waals surface area contributed by atoms with Gasteiger partial charge in [-0.05, 0) is 52.9 Å². The number of morpholine rings is 1. The van der Waals surface area contributed by atoms with E-state index in [-0.39, 0.29) is 34.7 Å². The van der Waals surface area contributed by atoms with Crippen LogP contribution in [0.5, 0.6) is 0 Å². The molecule has 11 nitrogen and oxygen atoms in total. The zero-order chi connectivity index (χ0) is 32.6. The van der Waals surface area contributed by atoms with Gasteiger partial charge in [-0.2, -0.15) is 9.78 Å². The summed E-state index contributed by atoms with van der Waals surface area (Å²) in [6.07, 6.45) is 4.83. The van der Waals surface area contributed by atoms with Crippen LogP contribution in [-0.4, -0.2) is 61.5 Å². The SMILES string of the molecule is Cn1cc(-c2cccc(-n3ncc4cc(C(C)(C)C)ccc4c3=O)c2CO)cc(Nc2ccc(C(=O)N3CCOCC3)cn2)c1=O. The van der Waals surface area contributed by atoms with Gasteiger partial charge in [0.2, 0.25) is 0 Å². The molecule has 46 heavy (non-hydrogen) atoms. The third kappa shape index (κ3) is 5.94. The number of aliphatic hydroxyl groups is 1. The molecule has 1 saturated heterocycles. The van der Waals surface area contributed by atoms with Crippen LogP contribution in [0.4, 0.5) is 11.5 Å². The zero-order valence-electron chi connectivity index (χ0n) is 26.3. The van der Waals surface area contributed by atoms with Crippen molar-refractivity contribution in [3.8, 4) is 16.8 Å². The highest BCUT2D eigenvalue weighted by Crippen LogP contribution is 2.30. The number of anilines is 2. The highest BCUT2D eigenvalue weighted by molar-refractivity contribution is 5.94. The predicted octanol–water partition coefficient (Wildman–Crippen LogP) is 4.15. The van der Waals surface area contributed by atoms with Crippen LogP contribution in [0.2, 0.25) is 0 Å². The Kier molecular flexibility index (Phi) is 8.28. The third-order valence-electron chi connectivity index (χ3n) is 8.26. The standard InChI is InChI=1S/C35H36N6O5/c1-35(2,3)25-9-10-27-23(16-25)19-37-41(33(27)44)30-7-5-6-26(28(30)21-42)24-17-29(34(45)39(4)20-24)38-31-11-8-22(18-36-31)32(43)40-12-14-46-15-13-40/h5-11,16-20,42H,12-15,21H2,1-4H3,(H,36,38). The van der Waals surface area contributed by atoms with Gasteiger partial charge in [0.15, 0.2) is 0 Å². The monoisotopic (exact) mass is 620 g/mol. The summed E-state index contributed by atoms with van der Waals surface area (Å²) in [5, 5.41) is 19.4. The summed E-state index contributed by atoms with van der Waals surface area (Å²) in [5.74, 6) is 0.275. The molecule has 1 aliphatic rings. The van der Waals surface area contributed by atoms with E-state index in [9.17, 15) is 19.5 Å². The number of benzene rings is 2. The van der Waals surface area contributed by atoms with Crippen molar-refractivity contribution in [2.75, 3.05) is 31.6 Å². The first kappa shape index (κ1) is 30.9. The maximum Gasteiger partial charge on any atom is 0.279 e. The molecule has 0 atom stereocenters. The van der Waals surface area contributed by atoms with Crippen LogP contribution in [0.25, 0.3) is 27.6 Å². The largest absolute Gasteiger partial charge is 0.392 e. The van der Waals surface area contributed by atoms with E-state index in [1.807, 2.05) is 24.3 Å². The Morgan fingerprint density at radius 2 is 1.78 bits per heavy atom. The quantitative estimate of drug-likeness (QED) is 0.290. The molecule has 4 heterocycles. The van der Waals surface area contributed by atoms with Gasteiger partial charge in [0.05, 0.1) is 42.7 Å². The van der Waals surface area contributed by atoms with Crippen molar-refractivity contribution >= 4 is 28.2 Å². The summed E-state index contributed by atoms with van der Waals surface area (Å²) in [5.41, 5.74) is 3.34. The lowest BCUT2D eigenvalue weighted by Crippen LogP contribution is -2.40. The number of nitrogens with zero attached hydrogens (tertiary/aromatic N) is 5. The van der Waals surface area contributed by atoms with Crippen molar-refractivity contribution in [3.63, 3.8) is 0 Å². The number of rotatable bonds is 6. The molecule has 11 heteroatoms. The maximum absolute atomic E-state index is 13.6. The van der Waals surface area contributed by atoms with E-state index in [2.05, 4.69) is 36.2 Å². The maximum atomic E-state index is 13.6. The van der Waals surface area contributed by atoms with Crippen molar-refractivity contribution in [2.24, 2.45) is 7.05 Å². The minimum Gasteiger partial charge on any atom is -0.392 e. The second-order valence-corrected chi connectivity index (χ2v) is 12.4. The molecule has 3 aromatic heterocycles. The molecule has 5 aromatic rings. The van der Waals surface area contributed by atoms with Crippen LogP contribution >= 0.6 is 0 Å². The molecule has 2 N–H and O–H groups in total. The molecule has 0 radical (unpaired) electrons. The Labute approximate surface area is 265 Å². The van der Waals surface area contributed by atoms with Crippen LogP contribution in [0, 0.1) is 0 Å². The van der Waals surface area contributed by atoms with Crippen molar-refractivity contribution < 1.29 is 14.6 Å². The lowest BCUT2D eigenvalue weighted by molar-refractivity contribution is 0.0302. The van der Waals surface area contributed by atoms with E-state index in [0.29, 0.717) is 65.4 Å². The Balaban J connectivity index is 1.34. The van der Waals surface area contributed by atoms with E-state index in [0.717, 1.165) is 10.9 Å². The van der Waals surface area contributed by atoms with Crippen molar-refractivity contribution in [3.05, 3.63) is 111 Å². The fraction of sp³-hybridized carbons (Fsp3) is 0.286. The van der Waals surface area contributed by atoms with Gasteiger partial charge in [-0.3, -0.25) is 14.4 Å². The molecule has 1 amide bonds. The number of carbonyl (C=O) groups is 1. The molecule has 0 unspecified atom stereocenters.